The summed E-state index contributed by atoms with van der Waals surface area (Å²) in [4.78, 5) is 2.58. The Hall–Kier alpha value is -1.06. The molecule has 2 aliphatic heterocycles. The van der Waals surface area contributed by atoms with Crippen molar-refractivity contribution in [3.63, 3.8) is 0 Å². The maximum Gasteiger partial charge on any atom is 0.0552 e. The van der Waals surface area contributed by atoms with E-state index in [1.165, 1.54) is 43.5 Å². The van der Waals surface area contributed by atoms with E-state index in [1.54, 1.807) is 0 Å². The zero-order valence-corrected chi connectivity index (χ0v) is 12.1. The molecule has 20 heavy (non-hydrogen) atoms. The molecule has 0 bridgehead atoms. The predicted octanol–water partition coefficient (Wildman–Crippen LogP) is 2.21. The fraction of sp³-hybridized carbons (Fsp3) is 0.647. The molecule has 1 atom stereocenters. The Morgan fingerprint density at radius 3 is 3.00 bits per heavy atom. The molecule has 1 unspecified atom stereocenters. The lowest BCUT2D eigenvalue weighted by atomic mass is 9.86. The van der Waals surface area contributed by atoms with E-state index in [9.17, 15) is 0 Å². The largest absolute Gasteiger partial charge is 0.381 e. The second-order valence-electron chi connectivity index (χ2n) is 6.76. The van der Waals surface area contributed by atoms with Crippen molar-refractivity contribution in [2.24, 2.45) is 5.41 Å². The highest BCUT2D eigenvalue weighted by molar-refractivity contribution is 5.58. The molecule has 108 valence electrons. The van der Waals surface area contributed by atoms with Crippen molar-refractivity contribution in [3.8, 4) is 0 Å². The van der Waals surface area contributed by atoms with Crippen molar-refractivity contribution in [1.82, 2.24) is 5.32 Å². The van der Waals surface area contributed by atoms with Gasteiger partial charge in [0.05, 0.1) is 6.61 Å². The molecule has 3 heteroatoms. The minimum Gasteiger partial charge on any atom is -0.381 e. The van der Waals surface area contributed by atoms with Crippen molar-refractivity contribution < 1.29 is 4.74 Å². The molecule has 0 amide bonds. The average molecular weight is 272 g/mol. The summed E-state index contributed by atoms with van der Waals surface area (Å²) in [6.07, 6.45) is 5.13. The van der Waals surface area contributed by atoms with Gasteiger partial charge < -0.3 is 15.0 Å². The standard InChI is InChI=1S/C17H24N2O/c1-2-4-16-14(3-1)7-9-19(16)12-17(8-10-20-13-17)11-18-15-5-6-15/h1-4,15,18H,5-13H2. The SMILES string of the molecule is c1ccc2c(c1)CCN2CC1(CNC2CC2)CCOC1. The minimum atomic E-state index is 0.319. The van der Waals surface area contributed by atoms with Crippen molar-refractivity contribution in [1.29, 1.82) is 0 Å². The van der Waals surface area contributed by atoms with Gasteiger partial charge in [-0.25, -0.2) is 0 Å². The number of hydrogen-bond donors (Lipinski definition) is 1. The van der Waals surface area contributed by atoms with Gasteiger partial charge in [0.25, 0.3) is 0 Å². The van der Waals surface area contributed by atoms with Gasteiger partial charge in [0, 0.05) is 43.4 Å². The van der Waals surface area contributed by atoms with Crippen LogP contribution >= 0.6 is 0 Å². The summed E-state index contributed by atoms with van der Waals surface area (Å²) < 4.78 is 5.74. The third-order valence-electron chi connectivity index (χ3n) is 5.04. The molecule has 3 aliphatic rings. The van der Waals surface area contributed by atoms with Crippen molar-refractivity contribution >= 4 is 5.69 Å². The predicted molar refractivity (Wildman–Crippen MR) is 81.3 cm³/mol. The lowest BCUT2D eigenvalue weighted by Gasteiger charge is -2.34. The van der Waals surface area contributed by atoms with Crippen LogP contribution in [0.4, 0.5) is 5.69 Å². The molecule has 1 saturated carbocycles. The molecular formula is C17H24N2O. The smallest absolute Gasteiger partial charge is 0.0552 e. The van der Waals surface area contributed by atoms with Crippen LogP contribution in [0.15, 0.2) is 24.3 Å². The molecule has 1 aromatic rings. The fourth-order valence-corrected chi connectivity index (χ4v) is 3.59. The quantitative estimate of drug-likeness (QED) is 0.889. The maximum atomic E-state index is 5.74. The van der Waals surface area contributed by atoms with Crippen molar-refractivity contribution in [2.75, 3.05) is 37.7 Å². The van der Waals surface area contributed by atoms with Gasteiger partial charge in [0.2, 0.25) is 0 Å². The van der Waals surface area contributed by atoms with Gasteiger partial charge in [-0.05, 0) is 37.3 Å². The summed E-state index contributed by atoms with van der Waals surface area (Å²) in [6.45, 7) is 5.29. The van der Waals surface area contributed by atoms with E-state index in [1.807, 2.05) is 0 Å². The van der Waals surface area contributed by atoms with Gasteiger partial charge in [0.15, 0.2) is 0 Å². The summed E-state index contributed by atoms with van der Waals surface area (Å²) in [6, 6.07) is 9.66. The number of ether oxygens (including phenoxy) is 1. The molecule has 2 fully saturated rings. The van der Waals surface area contributed by atoms with E-state index in [2.05, 4.69) is 34.5 Å². The number of benzene rings is 1. The highest BCUT2D eigenvalue weighted by atomic mass is 16.5. The summed E-state index contributed by atoms with van der Waals surface area (Å²) in [5.41, 5.74) is 3.28. The van der Waals surface area contributed by atoms with Gasteiger partial charge >= 0.3 is 0 Å². The van der Waals surface area contributed by atoms with Crippen LogP contribution in [0.3, 0.4) is 0 Å². The third kappa shape index (κ3) is 2.45. The molecule has 0 aromatic heterocycles. The van der Waals surface area contributed by atoms with Gasteiger partial charge in [-0.15, -0.1) is 0 Å². The number of nitrogens with one attached hydrogen (secondary N) is 1. The van der Waals surface area contributed by atoms with Gasteiger partial charge in [-0.3, -0.25) is 0 Å². The molecule has 2 heterocycles. The Bertz CT molecular complexity index is 478. The number of fused-ring (bicyclic) bond motifs is 1. The molecule has 0 spiro atoms. The van der Waals surface area contributed by atoms with Crippen LogP contribution < -0.4 is 10.2 Å². The second kappa shape index (κ2) is 5.05. The summed E-state index contributed by atoms with van der Waals surface area (Å²) in [5.74, 6) is 0. The van der Waals surface area contributed by atoms with Crippen LogP contribution in [0.2, 0.25) is 0 Å². The molecule has 0 radical (unpaired) electrons. The first-order valence-corrected chi connectivity index (χ1v) is 7.99. The topological polar surface area (TPSA) is 24.5 Å². The zero-order chi connectivity index (χ0) is 13.4. The highest BCUT2D eigenvalue weighted by Gasteiger charge is 2.39. The van der Waals surface area contributed by atoms with Crippen LogP contribution in [0.5, 0.6) is 0 Å². The monoisotopic (exact) mass is 272 g/mol. The van der Waals surface area contributed by atoms with Gasteiger partial charge in [-0.1, -0.05) is 18.2 Å². The Kier molecular flexibility index (Phi) is 3.20. The third-order valence-corrected chi connectivity index (χ3v) is 5.04. The molecule has 1 aliphatic carbocycles. The van der Waals surface area contributed by atoms with E-state index in [0.717, 1.165) is 32.3 Å². The molecule has 3 nitrogen and oxygen atoms in total. The van der Waals surface area contributed by atoms with E-state index >= 15 is 0 Å². The molecule has 1 aromatic carbocycles. The van der Waals surface area contributed by atoms with Crippen LogP contribution in [0, 0.1) is 5.41 Å². The van der Waals surface area contributed by atoms with Crippen LogP contribution in [0.1, 0.15) is 24.8 Å². The van der Waals surface area contributed by atoms with Crippen LogP contribution in [-0.2, 0) is 11.2 Å². The molecule has 4 rings (SSSR count). The second-order valence-corrected chi connectivity index (χ2v) is 6.76. The molecular weight excluding hydrogens is 248 g/mol. The van der Waals surface area contributed by atoms with Crippen LogP contribution in [0.25, 0.3) is 0 Å². The van der Waals surface area contributed by atoms with E-state index in [0.29, 0.717) is 5.41 Å². The number of hydrogen-bond acceptors (Lipinski definition) is 3. The number of nitrogens with zero attached hydrogens (tertiary/aromatic N) is 1. The first-order valence-electron chi connectivity index (χ1n) is 7.99. The van der Waals surface area contributed by atoms with Crippen LogP contribution in [-0.4, -0.2) is 38.9 Å². The minimum absolute atomic E-state index is 0.319. The Morgan fingerprint density at radius 2 is 2.20 bits per heavy atom. The van der Waals surface area contributed by atoms with Crippen molar-refractivity contribution in [2.45, 2.75) is 31.7 Å². The summed E-state index contributed by atoms with van der Waals surface area (Å²) in [5, 5.41) is 3.73. The summed E-state index contributed by atoms with van der Waals surface area (Å²) >= 11 is 0. The molecule has 1 saturated heterocycles. The lowest BCUT2D eigenvalue weighted by molar-refractivity contribution is 0.152. The average Bonchev–Trinajstić information content (AvgIpc) is 3.07. The number of para-hydroxylation sites is 1. The first kappa shape index (κ1) is 12.7. The Labute approximate surface area is 121 Å². The number of anilines is 1. The van der Waals surface area contributed by atoms with Gasteiger partial charge in [-0.2, -0.15) is 0 Å². The van der Waals surface area contributed by atoms with E-state index in [4.69, 9.17) is 4.74 Å². The van der Waals surface area contributed by atoms with Crippen molar-refractivity contribution in [3.05, 3.63) is 29.8 Å². The fourth-order valence-electron chi connectivity index (χ4n) is 3.59. The Balaban J connectivity index is 1.48. The normalized spacial score (nSPS) is 28.9. The molecule has 1 N–H and O–H groups in total. The highest BCUT2D eigenvalue weighted by Crippen LogP contribution is 2.35. The van der Waals surface area contributed by atoms with E-state index < -0.39 is 0 Å². The lowest BCUT2D eigenvalue weighted by Crippen LogP contribution is -2.45. The number of rotatable bonds is 5. The maximum absolute atomic E-state index is 5.74. The Morgan fingerprint density at radius 1 is 1.30 bits per heavy atom. The van der Waals surface area contributed by atoms with E-state index in [-0.39, 0.29) is 0 Å². The first-order chi connectivity index (χ1) is 9.85. The zero-order valence-electron chi connectivity index (χ0n) is 12.1. The summed E-state index contributed by atoms with van der Waals surface area (Å²) in [7, 11) is 0. The van der Waals surface area contributed by atoms with Gasteiger partial charge in [0.1, 0.15) is 0 Å².